The number of nitrogens with one attached hydrogen (secondary N) is 1. The van der Waals surface area contributed by atoms with E-state index < -0.39 is 0 Å². The van der Waals surface area contributed by atoms with Crippen LogP contribution in [0.3, 0.4) is 0 Å². The fraction of sp³-hybridized carbons (Fsp3) is 0.923. The lowest BCUT2D eigenvalue weighted by Gasteiger charge is -2.37. The molecule has 96 valence electrons. The average Bonchev–Trinajstić information content (AvgIpc) is 2.38. The van der Waals surface area contributed by atoms with Gasteiger partial charge in [-0.25, -0.2) is 0 Å². The van der Waals surface area contributed by atoms with Crippen molar-refractivity contribution in [2.45, 2.75) is 31.7 Å². The lowest BCUT2D eigenvalue weighted by atomic mass is 9.84. The normalized spacial score (nSPS) is 28.4. The molecular formula is C13H23N3O. The SMILES string of the molecule is O=C(C1CCC1)N1CCCN(C2CNC2)CC1. The number of hydrogen-bond donors (Lipinski definition) is 1. The van der Waals surface area contributed by atoms with E-state index in [0.717, 1.165) is 58.0 Å². The van der Waals surface area contributed by atoms with Crippen LogP contribution in [0.4, 0.5) is 0 Å². The summed E-state index contributed by atoms with van der Waals surface area (Å²) in [5.74, 6) is 0.803. The zero-order chi connectivity index (χ0) is 11.7. The van der Waals surface area contributed by atoms with Crippen molar-refractivity contribution in [3.05, 3.63) is 0 Å². The Kier molecular flexibility index (Phi) is 3.34. The third-order valence-corrected chi connectivity index (χ3v) is 4.57. The molecular weight excluding hydrogens is 214 g/mol. The van der Waals surface area contributed by atoms with Gasteiger partial charge in [0.2, 0.25) is 5.91 Å². The molecule has 4 heteroatoms. The third-order valence-electron chi connectivity index (χ3n) is 4.57. The summed E-state index contributed by atoms with van der Waals surface area (Å²) in [5.41, 5.74) is 0. The molecule has 3 fully saturated rings. The molecule has 0 bridgehead atoms. The van der Waals surface area contributed by atoms with E-state index in [4.69, 9.17) is 0 Å². The summed E-state index contributed by atoms with van der Waals surface area (Å²) in [6.07, 6.45) is 4.66. The summed E-state index contributed by atoms with van der Waals surface area (Å²) < 4.78 is 0. The first-order valence-electron chi connectivity index (χ1n) is 7.08. The van der Waals surface area contributed by atoms with E-state index in [2.05, 4.69) is 15.1 Å². The minimum Gasteiger partial charge on any atom is -0.341 e. The van der Waals surface area contributed by atoms with Crippen LogP contribution in [-0.4, -0.2) is 61.0 Å². The first-order chi connectivity index (χ1) is 8.34. The predicted molar refractivity (Wildman–Crippen MR) is 66.8 cm³/mol. The number of nitrogens with zero attached hydrogens (tertiary/aromatic N) is 2. The summed E-state index contributed by atoms with van der Waals surface area (Å²) >= 11 is 0. The molecule has 2 heterocycles. The molecule has 1 N–H and O–H groups in total. The van der Waals surface area contributed by atoms with Crippen LogP contribution in [-0.2, 0) is 4.79 Å². The van der Waals surface area contributed by atoms with Gasteiger partial charge in [-0.05, 0) is 19.3 Å². The maximum absolute atomic E-state index is 12.2. The molecule has 1 amide bonds. The van der Waals surface area contributed by atoms with Gasteiger partial charge in [-0.2, -0.15) is 0 Å². The number of rotatable bonds is 2. The van der Waals surface area contributed by atoms with Gasteiger partial charge in [0.25, 0.3) is 0 Å². The first-order valence-corrected chi connectivity index (χ1v) is 7.08. The van der Waals surface area contributed by atoms with E-state index in [9.17, 15) is 4.79 Å². The Hall–Kier alpha value is -0.610. The maximum Gasteiger partial charge on any atom is 0.225 e. The molecule has 0 atom stereocenters. The van der Waals surface area contributed by atoms with Crippen LogP contribution in [0.2, 0.25) is 0 Å². The highest BCUT2D eigenvalue weighted by Gasteiger charge is 2.32. The Labute approximate surface area is 103 Å². The Morgan fingerprint density at radius 1 is 1.00 bits per heavy atom. The van der Waals surface area contributed by atoms with E-state index >= 15 is 0 Å². The van der Waals surface area contributed by atoms with Crippen LogP contribution >= 0.6 is 0 Å². The fourth-order valence-corrected chi connectivity index (χ4v) is 2.97. The lowest BCUT2D eigenvalue weighted by Crippen LogP contribution is -2.57. The van der Waals surface area contributed by atoms with Crippen molar-refractivity contribution in [1.82, 2.24) is 15.1 Å². The van der Waals surface area contributed by atoms with Gasteiger partial charge in [0.15, 0.2) is 0 Å². The van der Waals surface area contributed by atoms with E-state index in [1.165, 1.54) is 13.0 Å². The van der Waals surface area contributed by atoms with Crippen LogP contribution in [0, 0.1) is 5.92 Å². The smallest absolute Gasteiger partial charge is 0.225 e. The largest absolute Gasteiger partial charge is 0.341 e. The molecule has 0 radical (unpaired) electrons. The summed E-state index contributed by atoms with van der Waals surface area (Å²) in [4.78, 5) is 16.9. The van der Waals surface area contributed by atoms with E-state index in [-0.39, 0.29) is 0 Å². The number of carbonyl (C=O) groups is 1. The number of amides is 1. The van der Waals surface area contributed by atoms with Crippen LogP contribution < -0.4 is 5.32 Å². The number of hydrogen-bond acceptors (Lipinski definition) is 3. The molecule has 0 unspecified atom stereocenters. The first kappa shape index (κ1) is 11.5. The Balaban J connectivity index is 1.52. The van der Waals surface area contributed by atoms with Crippen LogP contribution in [0.5, 0.6) is 0 Å². The summed E-state index contributed by atoms with van der Waals surface area (Å²) in [5, 5.41) is 3.33. The molecule has 4 nitrogen and oxygen atoms in total. The van der Waals surface area contributed by atoms with Gasteiger partial charge in [-0.3, -0.25) is 9.69 Å². The molecule has 1 aliphatic carbocycles. The molecule has 0 spiro atoms. The molecule has 3 rings (SSSR count). The Morgan fingerprint density at radius 3 is 2.41 bits per heavy atom. The molecule has 17 heavy (non-hydrogen) atoms. The van der Waals surface area contributed by atoms with Crippen LogP contribution in [0.1, 0.15) is 25.7 Å². The van der Waals surface area contributed by atoms with E-state index in [0.29, 0.717) is 11.8 Å². The van der Waals surface area contributed by atoms with Crippen molar-refractivity contribution in [1.29, 1.82) is 0 Å². The number of carbonyl (C=O) groups excluding carboxylic acids is 1. The quantitative estimate of drug-likeness (QED) is 0.750. The zero-order valence-corrected chi connectivity index (χ0v) is 10.5. The maximum atomic E-state index is 12.2. The van der Waals surface area contributed by atoms with Crippen LogP contribution in [0.15, 0.2) is 0 Å². The molecule has 1 saturated carbocycles. The van der Waals surface area contributed by atoms with Gasteiger partial charge in [0, 0.05) is 51.2 Å². The van der Waals surface area contributed by atoms with Crippen molar-refractivity contribution in [3.63, 3.8) is 0 Å². The highest BCUT2D eigenvalue weighted by molar-refractivity contribution is 5.79. The van der Waals surface area contributed by atoms with Gasteiger partial charge in [0.05, 0.1) is 0 Å². The highest BCUT2D eigenvalue weighted by Crippen LogP contribution is 2.28. The third kappa shape index (κ3) is 2.33. The van der Waals surface area contributed by atoms with Crippen LogP contribution in [0.25, 0.3) is 0 Å². The molecule has 0 aromatic rings. The van der Waals surface area contributed by atoms with Gasteiger partial charge in [-0.1, -0.05) is 6.42 Å². The molecule has 3 aliphatic rings. The Morgan fingerprint density at radius 2 is 1.82 bits per heavy atom. The average molecular weight is 237 g/mol. The summed E-state index contributed by atoms with van der Waals surface area (Å²) in [7, 11) is 0. The van der Waals surface area contributed by atoms with Gasteiger partial charge >= 0.3 is 0 Å². The molecule has 2 aliphatic heterocycles. The lowest BCUT2D eigenvalue weighted by molar-refractivity contribution is -0.138. The second kappa shape index (κ2) is 4.94. The molecule has 2 saturated heterocycles. The van der Waals surface area contributed by atoms with Crippen molar-refractivity contribution in [3.8, 4) is 0 Å². The van der Waals surface area contributed by atoms with Crippen molar-refractivity contribution in [2.75, 3.05) is 39.3 Å². The van der Waals surface area contributed by atoms with Crippen molar-refractivity contribution in [2.24, 2.45) is 5.92 Å². The van der Waals surface area contributed by atoms with Gasteiger partial charge in [0.1, 0.15) is 0 Å². The Bertz CT molecular complexity index is 286. The minimum absolute atomic E-state index is 0.368. The van der Waals surface area contributed by atoms with Gasteiger partial charge in [-0.15, -0.1) is 0 Å². The highest BCUT2D eigenvalue weighted by atomic mass is 16.2. The minimum atomic E-state index is 0.368. The predicted octanol–water partition coefficient (Wildman–Crippen LogP) is 0.293. The fourth-order valence-electron chi connectivity index (χ4n) is 2.97. The summed E-state index contributed by atoms with van der Waals surface area (Å²) in [6, 6.07) is 0.730. The van der Waals surface area contributed by atoms with Gasteiger partial charge < -0.3 is 10.2 Å². The molecule has 0 aromatic carbocycles. The summed E-state index contributed by atoms with van der Waals surface area (Å²) in [6.45, 7) is 6.44. The second-order valence-corrected chi connectivity index (χ2v) is 5.65. The molecule has 0 aromatic heterocycles. The monoisotopic (exact) mass is 237 g/mol. The second-order valence-electron chi connectivity index (χ2n) is 5.65. The zero-order valence-electron chi connectivity index (χ0n) is 10.5. The topological polar surface area (TPSA) is 35.6 Å². The van der Waals surface area contributed by atoms with Crippen molar-refractivity contribution < 1.29 is 4.79 Å². The van der Waals surface area contributed by atoms with Crippen molar-refractivity contribution >= 4 is 5.91 Å². The van der Waals surface area contributed by atoms with E-state index in [1.54, 1.807) is 0 Å². The standard InChI is InChI=1S/C13H23N3O/c17-13(11-3-1-4-11)16-6-2-5-15(7-8-16)12-9-14-10-12/h11-12,14H,1-10H2. The van der Waals surface area contributed by atoms with E-state index in [1.807, 2.05) is 0 Å².